The number of nitrogens with two attached hydrogens (primary N) is 1. The number of nitrogens with zero attached hydrogens (tertiary/aromatic N) is 2. The number of hydrogen-bond donors (Lipinski definition) is 1. The van der Waals surface area contributed by atoms with Crippen LogP contribution < -0.4 is 5.73 Å². The van der Waals surface area contributed by atoms with Crippen LogP contribution in [0.4, 0.5) is 19.0 Å². The van der Waals surface area contributed by atoms with Gasteiger partial charge in [-0.05, 0) is 0 Å². The van der Waals surface area contributed by atoms with E-state index < -0.39 is 11.9 Å². The van der Waals surface area contributed by atoms with E-state index in [4.69, 9.17) is 5.73 Å². The number of aryl methyl sites for hydroxylation is 1. The molecule has 0 atom stereocenters. The van der Waals surface area contributed by atoms with Crippen LogP contribution in [0, 0.1) is 0 Å². The van der Waals surface area contributed by atoms with Gasteiger partial charge in [0.25, 0.3) is 0 Å². The third-order valence-electron chi connectivity index (χ3n) is 1.40. The van der Waals surface area contributed by atoms with E-state index in [2.05, 4.69) is 9.97 Å². The Hall–Kier alpha value is -1.33. The molecule has 0 bridgehead atoms. The van der Waals surface area contributed by atoms with E-state index in [9.17, 15) is 13.2 Å². The second-order valence-electron chi connectivity index (χ2n) is 2.45. The molecule has 0 aliphatic rings. The Kier molecular flexibility index (Phi) is 2.40. The van der Waals surface area contributed by atoms with Crippen molar-refractivity contribution in [1.29, 1.82) is 0 Å². The summed E-state index contributed by atoms with van der Waals surface area (Å²) in [7, 11) is 0. The summed E-state index contributed by atoms with van der Waals surface area (Å²) in [5.41, 5.74) is 4.19. The summed E-state index contributed by atoms with van der Waals surface area (Å²) >= 11 is 0. The Balaban J connectivity index is 3.16. The van der Waals surface area contributed by atoms with Crippen LogP contribution in [0.5, 0.6) is 0 Å². The topological polar surface area (TPSA) is 51.8 Å². The number of halogens is 3. The number of aromatic nitrogens is 2. The Morgan fingerprint density at radius 3 is 2.46 bits per heavy atom. The molecule has 0 aromatic carbocycles. The third kappa shape index (κ3) is 2.30. The fourth-order valence-electron chi connectivity index (χ4n) is 0.821. The van der Waals surface area contributed by atoms with Gasteiger partial charge in [0.2, 0.25) is 0 Å². The first-order chi connectivity index (χ1) is 5.93. The highest BCUT2D eigenvalue weighted by atomic mass is 19.4. The molecule has 0 aliphatic carbocycles. The number of alkyl halides is 3. The SMILES string of the molecule is CCc1nc(N)cc(C(F)(F)F)n1. The molecule has 0 unspecified atom stereocenters. The second-order valence-corrected chi connectivity index (χ2v) is 2.45. The molecule has 0 amide bonds. The number of anilines is 1. The van der Waals surface area contributed by atoms with E-state index in [0.717, 1.165) is 6.07 Å². The number of hydrogen-bond acceptors (Lipinski definition) is 3. The van der Waals surface area contributed by atoms with Gasteiger partial charge in [0.15, 0.2) is 0 Å². The predicted molar refractivity (Wildman–Crippen MR) is 40.8 cm³/mol. The lowest BCUT2D eigenvalue weighted by Gasteiger charge is -2.07. The maximum atomic E-state index is 12.1. The van der Waals surface area contributed by atoms with Gasteiger partial charge in [0.05, 0.1) is 0 Å². The molecule has 1 aromatic heterocycles. The lowest BCUT2D eigenvalue weighted by Crippen LogP contribution is -2.12. The van der Waals surface area contributed by atoms with Crippen molar-refractivity contribution in [1.82, 2.24) is 9.97 Å². The highest BCUT2D eigenvalue weighted by molar-refractivity contribution is 5.30. The second kappa shape index (κ2) is 3.20. The standard InChI is InChI=1S/C7H8F3N3/c1-2-6-12-4(7(8,9)10)3-5(11)13-6/h3H,2H2,1H3,(H2,11,12,13). The molecule has 0 saturated carbocycles. The van der Waals surface area contributed by atoms with Crippen LogP contribution in [0.2, 0.25) is 0 Å². The third-order valence-corrected chi connectivity index (χ3v) is 1.40. The largest absolute Gasteiger partial charge is 0.433 e. The van der Waals surface area contributed by atoms with Crippen molar-refractivity contribution in [2.24, 2.45) is 0 Å². The quantitative estimate of drug-likeness (QED) is 0.734. The van der Waals surface area contributed by atoms with Gasteiger partial charge in [-0.25, -0.2) is 9.97 Å². The zero-order valence-corrected chi connectivity index (χ0v) is 6.89. The van der Waals surface area contributed by atoms with Gasteiger partial charge >= 0.3 is 6.18 Å². The first-order valence-corrected chi connectivity index (χ1v) is 3.64. The molecule has 13 heavy (non-hydrogen) atoms. The highest BCUT2D eigenvalue weighted by Crippen LogP contribution is 2.28. The molecule has 72 valence electrons. The van der Waals surface area contributed by atoms with Crippen LogP contribution in [-0.4, -0.2) is 9.97 Å². The van der Waals surface area contributed by atoms with E-state index in [1.807, 2.05) is 0 Å². The zero-order valence-electron chi connectivity index (χ0n) is 6.89. The summed E-state index contributed by atoms with van der Waals surface area (Å²) in [6.45, 7) is 1.66. The summed E-state index contributed by atoms with van der Waals surface area (Å²) in [6.07, 6.45) is -4.13. The first kappa shape index (κ1) is 9.76. The van der Waals surface area contributed by atoms with Crippen LogP contribution >= 0.6 is 0 Å². The maximum absolute atomic E-state index is 12.1. The average molecular weight is 191 g/mol. The van der Waals surface area contributed by atoms with Crippen LogP contribution in [-0.2, 0) is 12.6 Å². The van der Waals surface area contributed by atoms with Gasteiger partial charge in [-0.15, -0.1) is 0 Å². The Labute approximate surface area is 72.8 Å². The van der Waals surface area contributed by atoms with Crippen molar-refractivity contribution >= 4 is 5.82 Å². The molecule has 0 spiro atoms. The molecule has 1 rings (SSSR count). The molecule has 2 N–H and O–H groups in total. The molecule has 0 saturated heterocycles. The molecule has 3 nitrogen and oxygen atoms in total. The predicted octanol–water partition coefficient (Wildman–Crippen LogP) is 1.64. The lowest BCUT2D eigenvalue weighted by molar-refractivity contribution is -0.141. The van der Waals surface area contributed by atoms with Crippen LogP contribution in [0.3, 0.4) is 0 Å². The minimum Gasteiger partial charge on any atom is -0.384 e. The molecule has 1 aromatic rings. The molecule has 0 fully saturated rings. The molecule has 6 heteroatoms. The van der Waals surface area contributed by atoms with Gasteiger partial charge in [-0.2, -0.15) is 13.2 Å². The van der Waals surface area contributed by atoms with E-state index in [1.165, 1.54) is 0 Å². The van der Waals surface area contributed by atoms with Gasteiger partial charge in [0.1, 0.15) is 17.3 Å². The van der Waals surface area contributed by atoms with Crippen molar-refractivity contribution in [2.45, 2.75) is 19.5 Å². The fraction of sp³-hybridized carbons (Fsp3) is 0.429. The number of rotatable bonds is 1. The maximum Gasteiger partial charge on any atom is 0.433 e. The van der Waals surface area contributed by atoms with Gasteiger partial charge in [-0.3, -0.25) is 0 Å². The number of nitrogen functional groups attached to an aromatic ring is 1. The van der Waals surface area contributed by atoms with Gasteiger partial charge in [0, 0.05) is 12.5 Å². The minimum atomic E-state index is -4.46. The van der Waals surface area contributed by atoms with Crippen molar-refractivity contribution in [2.75, 3.05) is 5.73 Å². The molecule has 0 aliphatic heterocycles. The zero-order chi connectivity index (χ0) is 10.1. The van der Waals surface area contributed by atoms with E-state index in [0.29, 0.717) is 6.42 Å². The van der Waals surface area contributed by atoms with E-state index in [1.54, 1.807) is 6.92 Å². The minimum absolute atomic E-state index is 0.104. The van der Waals surface area contributed by atoms with E-state index >= 15 is 0 Å². The van der Waals surface area contributed by atoms with Crippen molar-refractivity contribution < 1.29 is 13.2 Å². The normalized spacial score (nSPS) is 11.7. The fourth-order valence-corrected chi connectivity index (χ4v) is 0.821. The van der Waals surface area contributed by atoms with Crippen LogP contribution in [0.15, 0.2) is 6.07 Å². The van der Waals surface area contributed by atoms with Gasteiger partial charge < -0.3 is 5.73 Å². The Morgan fingerprint density at radius 1 is 1.38 bits per heavy atom. The Bertz CT molecular complexity index is 308. The molecular formula is C7H8F3N3. The highest BCUT2D eigenvalue weighted by Gasteiger charge is 2.33. The summed E-state index contributed by atoms with van der Waals surface area (Å²) in [5.74, 6) is -0.0495. The van der Waals surface area contributed by atoms with E-state index in [-0.39, 0.29) is 11.6 Å². The molecule has 1 heterocycles. The van der Waals surface area contributed by atoms with Crippen LogP contribution in [0.25, 0.3) is 0 Å². The van der Waals surface area contributed by atoms with Crippen molar-refractivity contribution in [3.05, 3.63) is 17.6 Å². The molecule has 0 radical (unpaired) electrons. The smallest absolute Gasteiger partial charge is 0.384 e. The van der Waals surface area contributed by atoms with Crippen molar-refractivity contribution in [3.8, 4) is 0 Å². The molecular weight excluding hydrogens is 183 g/mol. The summed E-state index contributed by atoms with van der Waals surface area (Å²) in [4.78, 5) is 6.94. The Morgan fingerprint density at radius 2 is 2.00 bits per heavy atom. The van der Waals surface area contributed by atoms with Crippen LogP contribution in [0.1, 0.15) is 18.4 Å². The van der Waals surface area contributed by atoms with Gasteiger partial charge in [-0.1, -0.05) is 6.92 Å². The summed E-state index contributed by atoms with van der Waals surface area (Å²) < 4.78 is 36.4. The first-order valence-electron chi connectivity index (χ1n) is 3.64. The lowest BCUT2D eigenvalue weighted by atomic mass is 10.3. The summed E-state index contributed by atoms with van der Waals surface area (Å²) in [5, 5.41) is 0. The average Bonchev–Trinajstić information content (AvgIpc) is 2.01. The summed E-state index contributed by atoms with van der Waals surface area (Å²) in [6, 6.07) is 0.721. The van der Waals surface area contributed by atoms with Crippen molar-refractivity contribution in [3.63, 3.8) is 0 Å². The monoisotopic (exact) mass is 191 g/mol.